The first kappa shape index (κ1) is 15.2. The summed E-state index contributed by atoms with van der Waals surface area (Å²) >= 11 is 0. The molecule has 18 heavy (non-hydrogen) atoms. The van der Waals surface area contributed by atoms with Crippen LogP contribution < -0.4 is 5.32 Å². The van der Waals surface area contributed by atoms with Crippen LogP contribution in [-0.4, -0.2) is 46.6 Å². The standard InChI is InChI=1S/C11H20N2O4S/c1-4-13(7-8-16-3)18(14,15)11-6-5-10(17-11)9-12-2/h5-6,12H,4,7-9H2,1-3H3. The summed E-state index contributed by atoms with van der Waals surface area (Å²) in [5.41, 5.74) is 0. The molecule has 0 saturated heterocycles. The Hall–Kier alpha value is -0.890. The fraction of sp³-hybridized carbons (Fsp3) is 0.636. The molecule has 1 aromatic heterocycles. The molecule has 0 aliphatic heterocycles. The van der Waals surface area contributed by atoms with E-state index < -0.39 is 10.0 Å². The number of sulfonamides is 1. The van der Waals surface area contributed by atoms with Crippen molar-refractivity contribution in [2.24, 2.45) is 0 Å². The molecule has 1 rings (SSSR count). The summed E-state index contributed by atoms with van der Waals surface area (Å²) in [6.45, 7) is 3.34. The molecule has 0 bridgehead atoms. The minimum atomic E-state index is -3.56. The molecule has 1 N–H and O–H groups in total. The predicted octanol–water partition coefficient (Wildman–Crippen LogP) is 0.656. The van der Waals surface area contributed by atoms with Crippen LogP contribution in [0.1, 0.15) is 12.7 Å². The van der Waals surface area contributed by atoms with Gasteiger partial charge in [0.15, 0.2) is 0 Å². The van der Waals surface area contributed by atoms with E-state index in [0.717, 1.165) is 0 Å². The summed E-state index contributed by atoms with van der Waals surface area (Å²) in [6, 6.07) is 3.14. The summed E-state index contributed by atoms with van der Waals surface area (Å²) in [5, 5.41) is 2.88. The molecule has 0 atom stereocenters. The number of furan rings is 1. The van der Waals surface area contributed by atoms with E-state index in [2.05, 4.69) is 5.32 Å². The molecule has 0 unspecified atom stereocenters. The summed E-state index contributed by atoms with van der Waals surface area (Å²) in [4.78, 5) is 0. The summed E-state index contributed by atoms with van der Waals surface area (Å²) in [5.74, 6) is 0.596. The van der Waals surface area contributed by atoms with Crippen molar-refractivity contribution >= 4 is 10.0 Å². The summed E-state index contributed by atoms with van der Waals surface area (Å²) < 4.78 is 36.0. The van der Waals surface area contributed by atoms with E-state index in [0.29, 0.717) is 32.0 Å². The third-order valence-electron chi connectivity index (χ3n) is 2.48. The fourth-order valence-electron chi connectivity index (χ4n) is 1.53. The average Bonchev–Trinajstić information content (AvgIpc) is 2.79. The first-order chi connectivity index (χ1) is 8.56. The molecule has 104 valence electrons. The zero-order valence-electron chi connectivity index (χ0n) is 11.0. The second-order valence-corrected chi connectivity index (χ2v) is 5.61. The van der Waals surface area contributed by atoms with E-state index in [-0.39, 0.29) is 5.09 Å². The lowest BCUT2D eigenvalue weighted by Crippen LogP contribution is -2.33. The van der Waals surface area contributed by atoms with Crippen molar-refractivity contribution in [1.82, 2.24) is 9.62 Å². The molecule has 1 aromatic rings. The van der Waals surface area contributed by atoms with Gasteiger partial charge in [-0.3, -0.25) is 0 Å². The van der Waals surface area contributed by atoms with Crippen LogP contribution in [0.3, 0.4) is 0 Å². The van der Waals surface area contributed by atoms with Crippen molar-refractivity contribution < 1.29 is 17.6 Å². The van der Waals surface area contributed by atoms with Gasteiger partial charge in [-0.05, 0) is 19.2 Å². The molecule has 0 spiro atoms. The van der Waals surface area contributed by atoms with Crippen molar-refractivity contribution in [2.75, 3.05) is 33.9 Å². The van der Waals surface area contributed by atoms with Gasteiger partial charge in [0.2, 0.25) is 5.09 Å². The number of rotatable bonds is 8. The van der Waals surface area contributed by atoms with Gasteiger partial charge in [0, 0.05) is 20.2 Å². The molecule has 0 amide bonds. The maximum Gasteiger partial charge on any atom is 0.276 e. The molecular formula is C11H20N2O4S. The molecule has 7 heteroatoms. The highest BCUT2D eigenvalue weighted by Crippen LogP contribution is 2.18. The van der Waals surface area contributed by atoms with Crippen LogP contribution in [0.2, 0.25) is 0 Å². The van der Waals surface area contributed by atoms with E-state index in [4.69, 9.17) is 9.15 Å². The van der Waals surface area contributed by atoms with Gasteiger partial charge in [-0.15, -0.1) is 0 Å². The lowest BCUT2D eigenvalue weighted by atomic mass is 10.4. The van der Waals surface area contributed by atoms with Crippen LogP contribution >= 0.6 is 0 Å². The molecule has 0 aliphatic rings. The first-order valence-electron chi connectivity index (χ1n) is 5.78. The Bertz CT molecular complexity index is 455. The van der Waals surface area contributed by atoms with Gasteiger partial charge in [0.1, 0.15) is 5.76 Å². The highest BCUT2D eigenvalue weighted by atomic mass is 32.2. The number of hydrogen-bond donors (Lipinski definition) is 1. The Kier molecular flexibility index (Phi) is 5.80. The Labute approximate surface area is 108 Å². The van der Waals surface area contributed by atoms with Gasteiger partial charge in [-0.25, -0.2) is 8.42 Å². The zero-order chi connectivity index (χ0) is 13.6. The number of nitrogens with one attached hydrogen (secondary N) is 1. The Morgan fingerprint density at radius 3 is 2.72 bits per heavy atom. The number of methoxy groups -OCH3 is 1. The lowest BCUT2D eigenvalue weighted by molar-refractivity contribution is 0.179. The normalized spacial score (nSPS) is 12.2. The SMILES string of the molecule is CCN(CCOC)S(=O)(=O)c1ccc(CNC)o1. The first-order valence-corrected chi connectivity index (χ1v) is 7.22. The van der Waals surface area contributed by atoms with E-state index in [1.54, 1.807) is 27.1 Å². The molecular weight excluding hydrogens is 256 g/mol. The number of ether oxygens (including phenoxy) is 1. The van der Waals surface area contributed by atoms with Gasteiger partial charge in [0.25, 0.3) is 10.0 Å². The quantitative estimate of drug-likeness (QED) is 0.755. The molecule has 0 aromatic carbocycles. The second kappa shape index (κ2) is 6.89. The van der Waals surface area contributed by atoms with Crippen molar-refractivity contribution in [3.63, 3.8) is 0 Å². The fourth-order valence-corrected chi connectivity index (χ4v) is 2.90. The van der Waals surface area contributed by atoms with E-state index in [1.165, 1.54) is 10.4 Å². The predicted molar refractivity (Wildman–Crippen MR) is 67.8 cm³/mol. The summed E-state index contributed by atoms with van der Waals surface area (Å²) in [6.07, 6.45) is 0. The van der Waals surface area contributed by atoms with Crippen molar-refractivity contribution in [3.8, 4) is 0 Å². The van der Waals surface area contributed by atoms with E-state index in [9.17, 15) is 8.42 Å². The van der Waals surface area contributed by atoms with E-state index in [1.807, 2.05) is 0 Å². The average molecular weight is 276 g/mol. The van der Waals surface area contributed by atoms with Crippen LogP contribution in [0, 0.1) is 0 Å². The van der Waals surface area contributed by atoms with Crippen LogP contribution in [0.15, 0.2) is 21.6 Å². The van der Waals surface area contributed by atoms with Crippen LogP contribution in [0.25, 0.3) is 0 Å². The monoisotopic (exact) mass is 276 g/mol. The van der Waals surface area contributed by atoms with Crippen LogP contribution in [0.5, 0.6) is 0 Å². The van der Waals surface area contributed by atoms with Crippen LogP contribution in [-0.2, 0) is 21.3 Å². The van der Waals surface area contributed by atoms with Crippen LogP contribution in [0.4, 0.5) is 0 Å². The maximum absolute atomic E-state index is 12.2. The van der Waals surface area contributed by atoms with Gasteiger partial charge in [0.05, 0.1) is 13.2 Å². The maximum atomic E-state index is 12.2. The van der Waals surface area contributed by atoms with Gasteiger partial charge in [-0.1, -0.05) is 6.92 Å². The van der Waals surface area contributed by atoms with Gasteiger partial charge >= 0.3 is 0 Å². The molecule has 0 saturated carbocycles. The molecule has 1 heterocycles. The molecule has 0 fully saturated rings. The smallest absolute Gasteiger partial charge is 0.276 e. The third kappa shape index (κ3) is 3.55. The minimum absolute atomic E-state index is 0.0225. The molecule has 0 aliphatic carbocycles. The number of likely N-dealkylation sites (N-methyl/N-ethyl adjacent to an activating group) is 1. The van der Waals surface area contributed by atoms with Gasteiger partial charge in [-0.2, -0.15) is 4.31 Å². The second-order valence-electron chi connectivity index (χ2n) is 3.74. The highest BCUT2D eigenvalue weighted by Gasteiger charge is 2.26. The van der Waals surface area contributed by atoms with E-state index >= 15 is 0 Å². The Morgan fingerprint density at radius 2 is 2.17 bits per heavy atom. The minimum Gasteiger partial charge on any atom is -0.447 e. The molecule has 6 nitrogen and oxygen atoms in total. The number of hydrogen-bond acceptors (Lipinski definition) is 5. The molecule has 0 radical (unpaired) electrons. The van der Waals surface area contributed by atoms with Crippen molar-refractivity contribution in [2.45, 2.75) is 18.6 Å². The Morgan fingerprint density at radius 1 is 1.44 bits per heavy atom. The summed E-state index contributed by atoms with van der Waals surface area (Å²) in [7, 11) is -0.250. The highest BCUT2D eigenvalue weighted by molar-refractivity contribution is 7.89. The Balaban J connectivity index is 2.88. The largest absolute Gasteiger partial charge is 0.447 e. The number of nitrogens with zero attached hydrogens (tertiary/aromatic N) is 1. The topological polar surface area (TPSA) is 71.8 Å². The third-order valence-corrected chi connectivity index (χ3v) is 4.33. The zero-order valence-corrected chi connectivity index (χ0v) is 11.8. The van der Waals surface area contributed by atoms with Crippen molar-refractivity contribution in [3.05, 3.63) is 17.9 Å². The van der Waals surface area contributed by atoms with Gasteiger partial charge < -0.3 is 14.5 Å². The lowest BCUT2D eigenvalue weighted by Gasteiger charge is -2.18. The van der Waals surface area contributed by atoms with Crippen molar-refractivity contribution in [1.29, 1.82) is 0 Å².